The van der Waals surface area contributed by atoms with Gasteiger partial charge in [0, 0.05) is 30.4 Å². The zero-order valence-electron chi connectivity index (χ0n) is 18.4. The predicted octanol–water partition coefficient (Wildman–Crippen LogP) is 4.65. The second kappa shape index (κ2) is 9.98. The molecule has 3 aromatic carbocycles. The smallest absolute Gasteiger partial charge is 0.247 e. The first-order valence-electron chi connectivity index (χ1n) is 10.4. The van der Waals surface area contributed by atoms with Crippen LogP contribution in [0, 0.1) is 0 Å². The van der Waals surface area contributed by atoms with Crippen molar-refractivity contribution in [3.8, 4) is 11.5 Å². The van der Waals surface area contributed by atoms with E-state index in [-0.39, 0.29) is 17.6 Å². The monoisotopic (exact) mass is 419 g/mol. The van der Waals surface area contributed by atoms with E-state index in [2.05, 4.69) is 29.3 Å². The van der Waals surface area contributed by atoms with E-state index in [0.717, 1.165) is 40.9 Å². The first-order valence-corrected chi connectivity index (χ1v) is 10.4. The minimum absolute atomic E-state index is 0.125. The molecule has 0 heterocycles. The zero-order valence-corrected chi connectivity index (χ0v) is 18.4. The van der Waals surface area contributed by atoms with Crippen molar-refractivity contribution in [1.29, 1.82) is 0 Å². The van der Waals surface area contributed by atoms with E-state index in [4.69, 9.17) is 4.74 Å². The van der Waals surface area contributed by atoms with Gasteiger partial charge >= 0.3 is 0 Å². The Balaban J connectivity index is 1.67. The maximum atomic E-state index is 12.6. The third kappa shape index (κ3) is 5.15. The van der Waals surface area contributed by atoms with E-state index in [1.165, 1.54) is 6.21 Å². The molecule has 0 aliphatic carbocycles. The normalized spacial score (nSPS) is 12.1. The number of hydrazone groups is 1. The maximum absolute atomic E-state index is 12.6. The molecule has 1 amide bonds. The van der Waals surface area contributed by atoms with Gasteiger partial charge in [-0.3, -0.25) is 4.79 Å². The van der Waals surface area contributed by atoms with E-state index >= 15 is 0 Å². The number of rotatable bonds is 8. The van der Waals surface area contributed by atoms with Crippen molar-refractivity contribution in [2.45, 2.75) is 26.7 Å². The van der Waals surface area contributed by atoms with Crippen molar-refractivity contribution < 1.29 is 14.6 Å². The lowest BCUT2D eigenvalue weighted by Crippen LogP contribution is -2.23. The number of nitrogens with one attached hydrogen (secondary N) is 1. The molecule has 0 saturated heterocycles. The fraction of sp³-hybridized carbons (Fsp3) is 0.280. The summed E-state index contributed by atoms with van der Waals surface area (Å²) in [6.45, 7) is 7.70. The molecular weight excluding hydrogens is 390 g/mol. The Bertz CT molecular complexity index is 1090. The van der Waals surface area contributed by atoms with Gasteiger partial charge in [-0.25, -0.2) is 5.43 Å². The summed E-state index contributed by atoms with van der Waals surface area (Å²) in [5.74, 6) is 0.333. The van der Waals surface area contributed by atoms with Gasteiger partial charge in [-0.15, -0.1) is 0 Å². The van der Waals surface area contributed by atoms with E-state index < -0.39 is 0 Å². The number of carbonyl (C=O) groups excluding carboxylic acids is 1. The van der Waals surface area contributed by atoms with E-state index in [1.54, 1.807) is 19.2 Å². The summed E-state index contributed by atoms with van der Waals surface area (Å²) >= 11 is 0. The molecule has 0 fully saturated rings. The summed E-state index contributed by atoms with van der Waals surface area (Å²) in [4.78, 5) is 14.7. The van der Waals surface area contributed by atoms with Crippen LogP contribution in [-0.2, 0) is 4.79 Å². The summed E-state index contributed by atoms with van der Waals surface area (Å²) in [6, 6.07) is 17.2. The number of ether oxygens (including phenoxy) is 1. The fourth-order valence-electron chi connectivity index (χ4n) is 3.48. The Morgan fingerprint density at radius 2 is 1.81 bits per heavy atom. The van der Waals surface area contributed by atoms with Crippen LogP contribution in [0.3, 0.4) is 0 Å². The van der Waals surface area contributed by atoms with Crippen LogP contribution in [0.2, 0.25) is 0 Å². The van der Waals surface area contributed by atoms with Gasteiger partial charge in [0.1, 0.15) is 11.5 Å². The van der Waals surface area contributed by atoms with Crippen LogP contribution >= 0.6 is 0 Å². The first kappa shape index (κ1) is 22.2. The van der Waals surface area contributed by atoms with Crippen LogP contribution in [0.5, 0.6) is 11.5 Å². The zero-order chi connectivity index (χ0) is 22.4. The van der Waals surface area contributed by atoms with Crippen molar-refractivity contribution >= 4 is 28.6 Å². The summed E-state index contributed by atoms with van der Waals surface area (Å²) in [7, 11) is 1.64. The molecule has 0 aliphatic rings. The average molecular weight is 420 g/mol. The van der Waals surface area contributed by atoms with Crippen LogP contribution in [-0.4, -0.2) is 37.4 Å². The molecule has 2 N–H and O–H groups in total. The molecule has 0 radical (unpaired) electrons. The number of hydrogen-bond acceptors (Lipinski definition) is 5. The van der Waals surface area contributed by atoms with Crippen LogP contribution in [0.15, 0.2) is 59.7 Å². The number of methoxy groups -OCH3 is 1. The molecular formula is C25H29N3O3. The molecule has 1 unspecified atom stereocenters. The highest BCUT2D eigenvalue weighted by Crippen LogP contribution is 2.26. The molecule has 0 bridgehead atoms. The predicted molar refractivity (Wildman–Crippen MR) is 126 cm³/mol. The molecule has 1 atom stereocenters. The number of aromatic hydroxyl groups is 1. The standard InChI is InChI=1S/C25H29N3O3/c1-5-28(6-2)22-11-9-21(24(29)15-22)16-26-27-25(30)17(3)18-7-8-20-14-23(31-4)12-10-19(20)13-18/h7-17,29H,5-6H2,1-4H3,(H,27,30). The second-order valence-electron chi connectivity index (χ2n) is 7.34. The van der Waals surface area contributed by atoms with Crippen LogP contribution < -0.4 is 15.1 Å². The molecule has 6 nitrogen and oxygen atoms in total. The van der Waals surface area contributed by atoms with Crippen molar-refractivity contribution in [2.75, 3.05) is 25.1 Å². The van der Waals surface area contributed by atoms with Gasteiger partial charge in [0.15, 0.2) is 0 Å². The first-order chi connectivity index (χ1) is 15.0. The van der Waals surface area contributed by atoms with Gasteiger partial charge in [-0.05, 0) is 61.4 Å². The van der Waals surface area contributed by atoms with Gasteiger partial charge in [0.25, 0.3) is 0 Å². The molecule has 3 aromatic rings. The van der Waals surface area contributed by atoms with Crippen molar-refractivity contribution in [3.05, 3.63) is 65.7 Å². The highest BCUT2D eigenvalue weighted by Gasteiger charge is 2.15. The highest BCUT2D eigenvalue weighted by molar-refractivity contribution is 5.90. The van der Waals surface area contributed by atoms with E-state index in [0.29, 0.717) is 5.56 Å². The van der Waals surface area contributed by atoms with Gasteiger partial charge in [0.05, 0.1) is 19.2 Å². The lowest BCUT2D eigenvalue weighted by molar-refractivity contribution is -0.122. The number of fused-ring (bicyclic) bond motifs is 1. The number of nitrogens with zero attached hydrogens (tertiary/aromatic N) is 2. The molecule has 6 heteroatoms. The minimum Gasteiger partial charge on any atom is -0.507 e. The molecule has 3 rings (SSSR count). The number of hydrogen-bond donors (Lipinski definition) is 2. The van der Waals surface area contributed by atoms with Gasteiger partial charge in [0.2, 0.25) is 5.91 Å². The van der Waals surface area contributed by atoms with Crippen LogP contribution in [0.1, 0.15) is 37.8 Å². The minimum atomic E-state index is -0.373. The molecule has 0 spiro atoms. The number of benzene rings is 3. The number of amides is 1. The quantitative estimate of drug-likeness (QED) is 0.412. The lowest BCUT2D eigenvalue weighted by Gasteiger charge is -2.21. The van der Waals surface area contributed by atoms with Gasteiger partial charge in [-0.2, -0.15) is 5.10 Å². The van der Waals surface area contributed by atoms with Crippen LogP contribution in [0.25, 0.3) is 10.8 Å². The third-order valence-corrected chi connectivity index (χ3v) is 5.49. The summed E-state index contributed by atoms with van der Waals surface area (Å²) < 4.78 is 5.26. The topological polar surface area (TPSA) is 74.2 Å². The Kier molecular flexibility index (Phi) is 7.13. The number of phenols is 1. The van der Waals surface area contributed by atoms with E-state index in [9.17, 15) is 9.90 Å². The largest absolute Gasteiger partial charge is 0.507 e. The molecule has 0 aliphatic heterocycles. The number of anilines is 1. The average Bonchev–Trinajstić information content (AvgIpc) is 2.79. The highest BCUT2D eigenvalue weighted by atomic mass is 16.5. The molecule has 31 heavy (non-hydrogen) atoms. The Morgan fingerprint density at radius 3 is 2.48 bits per heavy atom. The second-order valence-corrected chi connectivity index (χ2v) is 7.34. The fourth-order valence-corrected chi connectivity index (χ4v) is 3.48. The SMILES string of the molecule is CCN(CC)c1ccc(C=NNC(=O)C(C)c2ccc3cc(OC)ccc3c2)c(O)c1. The molecule has 0 aromatic heterocycles. The molecule has 162 valence electrons. The van der Waals surface area contributed by atoms with Crippen molar-refractivity contribution in [2.24, 2.45) is 5.10 Å². The summed E-state index contributed by atoms with van der Waals surface area (Å²) in [6.07, 6.45) is 1.46. The number of phenolic OH excluding ortho intramolecular Hbond substituents is 1. The maximum Gasteiger partial charge on any atom is 0.247 e. The van der Waals surface area contributed by atoms with Crippen molar-refractivity contribution in [1.82, 2.24) is 5.43 Å². The Hall–Kier alpha value is -3.54. The third-order valence-electron chi connectivity index (χ3n) is 5.49. The lowest BCUT2D eigenvalue weighted by atomic mass is 9.97. The Morgan fingerprint density at radius 1 is 1.10 bits per heavy atom. The van der Waals surface area contributed by atoms with Gasteiger partial charge in [-0.1, -0.05) is 24.3 Å². The van der Waals surface area contributed by atoms with Crippen molar-refractivity contribution in [3.63, 3.8) is 0 Å². The molecule has 0 saturated carbocycles. The summed E-state index contributed by atoms with van der Waals surface area (Å²) in [5.41, 5.74) is 4.97. The van der Waals surface area contributed by atoms with E-state index in [1.807, 2.05) is 49.4 Å². The Labute approximate surface area is 183 Å². The summed E-state index contributed by atoms with van der Waals surface area (Å²) in [5, 5.41) is 16.4. The number of carbonyl (C=O) groups is 1. The van der Waals surface area contributed by atoms with Crippen LogP contribution in [0.4, 0.5) is 5.69 Å². The van der Waals surface area contributed by atoms with Gasteiger partial charge < -0.3 is 14.7 Å².